The monoisotopic (exact) mass is 477 g/mol. The Morgan fingerprint density at radius 3 is 0.324 bits per heavy atom. The molecule has 0 aliphatic carbocycles. The van der Waals surface area contributed by atoms with Crippen molar-refractivity contribution in [2.45, 2.75) is 205 Å². The van der Waals surface area contributed by atoms with Gasteiger partial charge in [0.1, 0.15) is 0 Å². The lowest BCUT2D eigenvalue weighted by Gasteiger charge is -2.04. The maximum absolute atomic E-state index is 3.92. The largest absolute Gasteiger partial charge is 0.0533 e. The molecule has 0 N–H and O–H groups in total. The van der Waals surface area contributed by atoms with Crippen LogP contribution in [0, 0.1) is 13.8 Å². The van der Waals surface area contributed by atoms with Gasteiger partial charge in [0, 0.05) is 0 Å². The lowest BCUT2D eigenvalue weighted by atomic mass is 10.0. The summed E-state index contributed by atoms with van der Waals surface area (Å²) in [5.41, 5.74) is 0. The van der Waals surface area contributed by atoms with Crippen molar-refractivity contribution in [1.82, 2.24) is 0 Å². The van der Waals surface area contributed by atoms with Gasteiger partial charge < -0.3 is 0 Å². The van der Waals surface area contributed by atoms with Crippen molar-refractivity contribution < 1.29 is 0 Å². The minimum Gasteiger partial charge on any atom is -0.0533 e. The highest BCUT2D eigenvalue weighted by Gasteiger charge is 1.97. The van der Waals surface area contributed by atoms with Crippen molar-refractivity contribution in [1.29, 1.82) is 0 Å². The fraction of sp³-hybridized carbons (Fsp3) is 0.941. The Balaban J connectivity index is 2.99. The molecule has 34 heavy (non-hydrogen) atoms. The Morgan fingerprint density at radius 2 is 0.235 bits per heavy atom. The van der Waals surface area contributed by atoms with Crippen LogP contribution in [-0.4, -0.2) is 0 Å². The molecular formula is C34H68. The second-order valence-electron chi connectivity index (χ2n) is 11.3. The first-order valence-corrected chi connectivity index (χ1v) is 16.5. The van der Waals surface area contributed by atoms with Crippen LogP contribution in [0.2, 0.25) is 0 Å². The molecule has 204 valence electrons. The Morgan fingerprint density at radius 1 is 0.147 bits per heavy atom. The van der Waals surface area contributed by atoms with Gasteiger partial charge in [-0.2, -0.15) is 0 Å². The van der Waals surface area contributed by atoms with E-state index in [1.54, 1.807) is 0 Å². The maximum Gasteiger partial charge on any atom is -0.0533 e. The third kappa shape index (κ3) is 32.0. The molecule has 0 aromatic rings. The first-order valence-electron chi connectivity index (χ1n) is 16.5. The van der Waals surface area contributed by atoms with Crippen LogP contribution in [0.25, 0.3) is 0 Å². The Bertz CT molecular complexity index is 288. The highest BCUT2D eigenvalue weighted by molar-refractivity contribution is 4.53. The average Bonchev–Trinajstić information content (AvgIpc) is 2.85. The molecule has 0 aliphatic heterocycles. The van der Waals surface area contributed by atoms with Crippen LogP contribution < -0.4 is 0 Å². The lowest BCUT2D eigenvalue weighted by Crippen LogP contribution is -1.85. The molecule has 2 radical (unpaired) electrons. The van der Waals surface area contributed by atoms with Gasteiger partial charge in [-0.3, -0.25) is 0 Å². The number of unbranched alkanes of at least 4 members (excludes halogenated alkanes) is 31. The van der Waals surface area contributed by atoms with Crippen molar-refractivity contribution in [3.05, 3.63) is 13.8 Å². The van der Waals surface area contributed by atoms with E-state index in [1.165, 1.54) is 193 Å². The van der Waals surface area contributed by atoms with Gasteiger partial charge in [-0.1, -0.05) is 219 Å². The Hall–Kier alpha value is 0. The van der Waals surface area contributed by atoms with E-state index in [2.05, 4.69) is 13.8 Å². The van der Waals surface area contributed by atoms with Gasteiger partial charge in [0.05, 0.1) is 0 Å². The van der Waals surface area contributed by atoms with Gasteiger partial charge in [0.15, 0.2) is 0 Å². The van der Waals surface area contributed by atoms with E-state index in [0.29, 0.717) is 0 Å². The van der Waals surface area contributed by atoms with Crippen LogP contribution in [0.5, 0.6) is 0 Å². The molecule has 0 unspecified atom stereocenters. The minimum atomic E-state index is 1.12. The summed E-state index contributed by atoms with van der Waals surface area (Å²) in [5.74, 6) is 0. The molecule has 0 rings (SSSR count). The zero-order chi connectivity index (χ0) is 24.6. The van der Waals surface area contributed by atoms with Crippen molar-refractivity contribution in [3.63, 3.8) is 0 Å². The summed E-state index contributed by atoms with van der Waals surface area (Å²) >= 11 is 0. The van der Waals surface area contributed by atoms with Gasteiger partial charge in [0.2, 0.25) is 0 Å². The highest BCUT2D eigenvalue weighted by atomic mass is 14.0. The molecule has 0 amide bonds. The van der Waals surface area contributed by atoms with Gasteiger partial charge in [-0.25, -0.2) is 0 Å². The van der Waals surface area contributed by atoms with Crippen LogP contribution in [-0.2, 0) is 0 Å². The van der Waals surface area contributed by atoms with E-state index in [9.17, 15) is 0 Å². The third-order valence-electron chi connectivity index (χ3n) is 7.75. The van der Waals surface area contributed by atoms with Crippen molar-refractivity contribution in [2.75, 3.05) is 0 Å². The molecule has 0 spiro atoms. The molecule has 0 aliphatic rings. The molecule has 0 saturated heterocycles. The molecular weight excluding hydrogens is 408 g/mol. The fourth-order valence-corrected chi connectivity index (χ4v) is 5.30. The molecule has 0 saturated carbocycles. The van der Waals surface area contributed by atoms with Crippen molar-refractivity contribution in [3.8, 4) is 0 Å². The summed E-state index contributed by atoms with van der Waals surface area (Å²) in [6.07, 6.45) is 46.2. The summed E-state index contributed by atoms with van der Waals surface area (Å²) in [5, 5.41) is 0. The van der Waals surface area contributed by atoms with Gasteiger partial charge in [-0.15, -0.1) is 0 Å². The molecule has 0 fully saturated rings. The number of hydrogen-bond acceptors (Lipinski definition) is 0. The van der Waals surface area contributed by atoms with Crippen LogP contribution in [0.4, 0.5) is 0 Å². The predicted molar refractivity (Wildman–Crippen MR) is 158 cm³/mol. The molecule has 0 heterocycles. The molecule has 0 atom stereocenters. The van der Waals surface area contributed by atoms with Crippen molar-refractivity contribution >= 4 is 0 Å². The number of hydrogen-bond donors (Lipinski definition) is 0. The molecule has 0 aromatic carbocycles. The Kier molecular flexibility index (Phi) is 33.0. The number of rotatable bonds is 31. The summed E-state index contributed by atoms with van der Waals surface area (Å²) in [7, 11) is 0. The van der Waals surface area contributed by atoms with Gasteiger partial charge >= 0.3 is 0 Å². The summed E-state index contributed by atoms with van der Waals surface area (Å²) in [6.45, 7) is 7.85. The second kappa shape index (κ2) is 33.0. The first-order chi connectivity index (χ1) is 16.9. The van der Waals surface area contributed by atoms with Gasteiger partial charge in [0.25, 0.3) is 0 Å². The van der Waals surface area contributed by atoms with Crippen LogP contribution in [0.3, 0.4) is 0 Å². The van der Waals surface area contributed by atoms with E-state index >= 15 is 0 Å². The first kappa shape index (κ1) is 34.0. The third-order valence-corrected chi connectivity index (χ3v) is 7.75. The van der Waals surface area contributed by atoms with E-state index < -0.39 is 0 Å². The standard InChI is InChI=1S/C34H68/c1-3-5-7-9-11-13-15-17-19-21-23-25-27-29-31-33-34-32-30-28-26-24-22-20-18-16-14-12-10-8-6-4-2/h1-34H2. The van der Waals surface area contributed by atoms with E-state index in [4.69, 9.17) is 0 Å². The lowest BCUT2D eigenvalue weighted by molar-refractivity contribution is 0.512. The van der Waals surface area contributed by atoms with Crippen LogP contribution in [0.1, 0.15) is 205 Å². The van der Waals surface area contributed by atoms with E-state index in [0.717, 1.165) is 12.8 Å². The van der Waals surface area contributed by atoms with E-state index in [-0.39, 0.29) is 0 Å². The minimum absolute atomic E-state index is 1.12. The SMILES string of the molecule is [CH2]CCCCCCCCCCCCCCCCCCCCCCCCCCCCCCCC[CH2]. The zero-order valence-corrected chi connectivity index (χ0v) is 24.0. The Labute approximate surface area is 219 Å². The quantitative estimate of drug-likeness (QED) is 0.0872. The zero-order valence-electron chi connectivity index (χ0n) is 24.0. The topological polar surface area (TPSA) is 0 Å². The van der Waals surface area contributed by atoms with E-state index in [1.807, 2.05) is 0 Å². The van der Waals surface area contributed by atoms with Crippen molar-refractivity contribution in [2.24, 2.45) is 0 Å². The summed E-state index contributed by atoms with van der Waals surface area (Å²) < 4.78 is 0. The highest BCUT2D eigenvalue weighted by Crippen LogP contribution is 2.16. The molecule has 0 bridgehead atoms. The maximum atomic E-state index is 3.92. The fourth-order valence-electron chi connectivity index (χ4n) is 5.30. The normalized spacial score (nSPS) is 11.5. The van der Waals surface area contributed by atoms with Crippen LogP contribution >= 0.6 is 0 Å². The van der Waals surface area contributed by atoms with Gasteiger partial charge in [-0.05, 0) is 0 Å². The van der Waals surface area contributed by atoms with Crippen LogP contribution in [0.15, 0.2) is 0 Å². The molecule has 0 aromatic heterocycles. The smallest absolute Gasteiger partial charge is 0.0533 e. The molecule has 0 nitrogen and oxygen atoms in total. The average molecular weight is 477 g/mol. The molecule has 0 heteroatoms. The summed E-state index contributed by atoms with van der Waals surface area (Å²) in [6, 6.07) is 0. The summed E-state index contributed by atoms with van der Waals surface area (Å²) in [4.78, 5) is 0. The predicted octanol–water partition coefficient (Wildman–Crippen LogP) is 13.1. The second-order valence-corrected chi connectivity index (χ2v) is 11.3.